The Kier molecular flexibility index (Phi) is 3.14. The van der Waals surface area contributed by atoms with Gasteiger partial charge in [-0.1, -0.05) is 107 Å². The Morgan fingerprint density at radius 2 is 1.15 bits per heavy atom. The van der Waals surface area contributed by atoms with Crippen molar-refractivity contribution in [3.63, 3.8) is 0 Å². The molecule has 0 atom stereocenters. The van der Waals surface area contributed by atoms with Crippen LogP contribution in [-0.2, 0) is 10.8 Å². The van der Waals surface area contributed by atoms with E-state index in [0.29, 0.717) is 0 Å². The number of fused-ring (bicyclic) bond motifs is 9. The molecule has 0 fully saturated rings. The van der Waals surface area contributed by atoms with E-state index in [-0.39, 0.29) is 10.8 Å². The lowest BCUT2D eigenvalue weighted by atomic mass is 9.75. The largest absolute Gasteiger partial charge is 0.0619 e. The summed E-state index contributed by atoms with van der Waals surface area (Å²) >= 11 is 0. The van der Waals surface area contributed by atoms with Crippen LogP contribution in [0, 0.1) is 0 Å². The van der Waals surface area contributed by atoms with Crippen LogP contribution in [0.3, 0.4) is 0 Å². The van der Waals surface area contributed by atoms with Crippen LogP contribution in [-0.4, -0.2) is 0 Å². The Labute approximate surface area is 200 Å². The van der Waals surface area contributed by atoms with Crippen LogP contribution in [0.2, 0.25) is 0 Å². The number of hydrogen-bond donors (Lipinski definition) is 0. The van der Waals surface area contributed by atoms with Crippen molar-refractivity contribution in [2.45, 2.75) is 38.5 Å². The minimum atomic E-state index is -0.0452. The first kappa shape index (κ1) is 18.7. The second-order valence-electron chi connectivity index (χ2n) is 11.3. The summed E-state index contributed by atoms with van der Waals surface area (Å²) < 4.78 is 0. The quantitative estimate of drug-likeness (QED) is 0.209. The van der Waals surface area contributed by atoms with Gasteiger partial charge in [0.2, 0.25) is 0 Å². The third kappa shape index (κ3) is 1.91. The van der Waals surface area contributed by atoms with Gasteiger partial charge in [0.15, 0.2) is 0 Å². The molecule has 2 aliphatic rings. The predicted octanol–water partition coefficient (Wildman–Crippen LogP) is 9.20. The Morgan fingerprint density at radius 1 is 0.471 bits per heavy atom. The summed E-state index contributed by atoms with van der Waals surface area (Å²) in [6.45, 7) is 9.63. The van der Waals surface area contributed by atoms with Crippen molar-refractivity contribution >= 4 is 32.3 Å². The van der Waals surface area contributed by atoms with E-state index in [1.165, 1.54) is 76.8 Å². The van der Waals surface area contributed by atoms with E-state index in [4.69, 9.17) is 0 Å². The minimum absolute atomic E-state index is 0.0180. The molecule has 0 heterocycles. The van der Waals surface area contributed by atoms with E-state index in [1.54, 1.807) is 0 Å². The van der Waals surface area contributed by atoms with Crippen LogP contribution >= 0.6 is 0 Å². The molecule has 0 amide bonds. The third-order valence-electron chi connectivity index (χ3n) is 8.94. The average Bonchev–Trinajstić information content (AvgIpc) is 3.23. The minimum Gasteiger partial charge on any atom is -0.0619 e. The first-order valence-electron chi connectivity index (χ1n) is 12.4. The first-order valence-corrected chi connectivity index (χ1v) is 12.4. The highest BCUT2D eigenvalue weighted by Gasteiger charge is 2.42. The van der Waals surface area contributed by atoms with Crippen LogP contribution in [0.4, 0.5) is 0 Å². The summed E-state index contributed by atoms with van der Waals surface area (Å²) in [4.78, 5) is 0. The van der Waals surface area contributed by atoms with Crippen LogP contribution in [0.5, 0.6) is 0 Å². The second-order valence-corrected chi connectivity index (χ2v) is 11.3. The SMILES string of the molecule is CC1(C)c2ccccc2-c2cc3c4c(c5cccc6ccc(c21)c3c65)-c1ccccc1C4(C)C. The molecule has 0 radical (unpaired) electrons. The van der Waals surface area contributed by atoms with Gasteiger partial charge in [0.05, 0.1) is 0 Å². The summed E-state index contributed by atoms with van der Waals surface area (Å²) in [6, 6.07) is 32.3. The molecule has 0 aromatic heterocycles. The van der Waals surface area contributed by atoms with Crippen molar-refractivity contribution in [3.05, 3.63) is 107 Å². The molecule has 0 saturated carbocycles. The summed E-state index contributed by atoms with van der Waals surface area (Å²) in [6.07, 6.45) is 0. The lowest BCUT2D eigenvalue weighted by Crippen LogP contribution is -2.17. The highest BCUT2D eigenvalue weighted by Crippen LogP contribution is 2.59. The molecule has 6 aromatic carbocycles. The van der Waals surface area contributed by atoms with Crippen LogP contribution in [0.25, 0.3) is 54.6 Å². The summed E-state index contributed by atoms with van der Waals surface area (Å²) in [5.74, 6) is 0. The zero-order valence-corrected chi connectivity index (χ0v) is 20.1. The van der Waals surface area contributed by atoms with Crippen molar-refractivity contribution in [3.8, 4) is 22.3 Å². The van der Waals surface area contributed by atoms with Gasteiger partial charge in [-0.15, -0.1) is 0 Å². The molecule has 0 spiro atoms. The van der Waals surface area contributed by atoms with Gasteiger partial charge < -0.3 is 0 Å². The maximum absolute atomic E-state index is 2.55. The summed E-state index contributed by atoms with van der Waals surface area (Å²) in [5.41, 5.74) is 11.5. The average molecular weight is 435 g/mol. The predicted molar refractivity (Wildman–Crippen MR) is 145 cm³/mol. The molecule has 0 nitrogen and oxygen atoms in total. The fraction of sp³-hybridized carbons (Fsp3) is 0.176. The van der Waals surface area contributed by atoms with Crippen LogP contribution < -0.4 is 0 Å². The van der Waals surface area contributed by atoms with Crippen LogP contribution in [0.1, 0.15) is 49.9 Å². The van der Waals surface area contributed by atoms with Gasteiger partial charge >= 0.3 is 0 Å². The zero-order chi connectivity index (χ0) is 23.0. The van der Waals surface area contributed by atoms with E-state index in [0.717, 1.165) is 0 Å². The number of rotatable bonds is 0. The highest BCUT2D eigenvalue weighted by molar-refractivity contribution is 6.30. The van der Waals surface area contributed by atoms with Crippen molar-refractivity contribution in [1.29, 1.82) is 0 Å². The molecule has 162 valence electrons. The topological polar surface area (TPSA) is 0 Å². The Morgan fingerprint density at radius 3 is 1.94 bits per heavy atom. The van der Waals surface area contributed by atoms with E-state index < -0.39 is 0 Å². The van der Waals surface area contributed by atoms with Crippen molar-refractivity contribution in [1.82, 2.24) is 0 Å². The van der Waals surface area contributed by atoms with Gasteiger partial charge in [-0.3, -0.25) is 0 Å². The van der Waals surface area contributed by atoms with E-state index >= 15 is 0 Å². The van der Waals surface area contributed by atoms with Gasteiger partial charge in [-0.05, 0) is 82.9 Å². The second kappa shape index (κ2) is 5.70. The van der Waals surface area contributed by atoms with Gasteiger partial charge in [0.1, 0.15) is 0 Å². The number of benzene rings is 6. The van der Waals surface area contributed by atoms with Crippen molar-refractivity contribution in [2.75, 3.05) is 0 Å². The molecule has 8 rings (SSSR count). The highest BCUT2D eigenvalue weighted by atomic mass is 14.4. The lowest BCUT2D eigenvalue weighted by molar-refractivity contribution is 0.664. The maximum Gasteiger partial charge on any atom is 0.0165 e. The van der Waals surface area contributed by atoms with Crippen molar-refractivity contribution in [2.24, 2.45) is 0 Å². The molecule has 0 bridgehead atoms. The molecule has 0 N–H and O–H groups in total. The number of hydrogen-bond acceptors (Lipinski definition) is 0. The fourth-order valence-corrected chi connectivity index (χ4v) is 7.57. The normalized spacial score (nSPS) is 16.7. The Bertz CT molecular complexity index is 1840. The van der Waals surface area contributed by atoms with Crippen molar-refractivity contribution < 1.29 is 0 Å². The maximum atomic E-state index is 2.55. The van der Waals surface area contributed by atoms with Crippen LogP contribution in [0.15, 0.2) is 84.9 Å². The lowest BCUT2D eigenvalue weighted by Gasteiger charge is -2.28. The first-order chi connectivity index (χ1) is 16.4. The Hall–Kier alpha value is -3.64. The molecule has 34 heavy (non-hydrogen) atoms. The fourth-order valence-electron chi connectivity index (χ4n) is 7.57. The molecule has 2 aliphatic carbocycles. The molecule has 0 unspecified atom stereocenters. The molecule has 0 heteroatoms. The summed E-state index contributed by atoms with van der Waals surface area (Å²) in [7, 11) is 0. The van der Waals surface area contributed by atoms with E-state index in [2.05, 4.69) is 113 Å². The van der Waals surface area contributed by atoms with Gasteiger partial charge in [-0.2, -0.15) is 0 Å². The molecule has 0 saturated heterocycles. The molecular weight excluding hydrogens is 408 g/mol. The van der Waals surface area contributed by atoms with Gasteiger partial charge in [-0.25, -0.2) is 0 Å². The summed E-state index contributed by atoms with van der Waals surface area (Å²) in [5, 5.41) is 8.47. The molecular formula is C34H26. The van der Waals surface area contributed by atoms with Gasteiger partial charge in [0, 0.05) is 10.8 Å². The Balaban J connectivity index is 1.69. The molecule has 6 aromatic rings. The smallest absolute Gasteiger partial charge is 0.0165 e. The standard InChI is InChI=1S/C34H26/c1-33(2)26-14-7-5-11-20(26)24-18-25-29-23(31(24)33)17-16-19-10-9-13-22(28(19)29)30-21-12-6-8-15-27(21)34(3,4)32(25)30/h5-18H,1-4H3. The van der Waals surface area contributed by atoms with E-state index in [1.807, 2.05) is 0 Å². The monoisotopic (exact) mass is 434 g/mol. The van der Waals surface area contributed by atoms with E-state index in [9.17, 15) is 0 Å². The van der Waals surface area contributed by atoms with Gasteiger partial charge in [0.25, 0.3) is 0 Å². The zero-order valence-electron chi connectivity index (χ0n) is 20.1. The third-order valence-corrected chi connectivity index (χ3v) is 8.94. The molecule has 0 aliphatic heterocycles.